The molecule has 1 aromatic rings. The predicted molar refractivity (Wildman–Crippen MR) is 70.3 cm³/mol. The molecule has 0 atom stereocenters. The Morgan fingerprint density at radius 3 is 2.74 bits per heavy atom. The van der Waals surface area contributed by atoms with E-state index >= 15 is 0 Å². The number of hydrogen-bond donors (Lipinski definition) is 2. The second kappa shape index (κ2) is 6.04. The Labute approximate surface area is 116 Å². The van der Waals surface area contributed by atoms with E-state index in [0.717, 1.165) is 24.0 Å². The molecule has 0 heterocycles. The van der Waals surface area contributed by atoms with Crippen molar-refractivity contribution in [3.63, 3.8) is 0 Å². The topological polar surface area (TPSA) is 67.4 Å². The summed E-state index contributed by atoms with van der Waals surface area (Å²) >= 11 is 5.38. The minimum Gasteiger partial charge on any atom is -0.273 e. The Balaban J connectivity index is 2.24. The molecule has 2 rings (SSSR count). The average Bonchev–Trinajstić information content (AvgIpc) is 3.22. The lowest BCUT2D eigenvalue weighted by Crippen LogP contribution is -2.22. The number of carbonyl (C=O) groups is 2. The molecule has 6 heteroatoms. The van der Waals surface area contributed by atoms with Crippen molar-refractivity contribution in [3.05, 3.63) is 34.9 Å². The summed E-state index contributed by atoms with van der Waals surface area (Å²) < 4.78 is 0. The molecule has 0 aromatic heterocycles. The van der Waals surface area contributed by atoms with E-state index in [4.69, 9.17) is 16.6 Å². The van der Waals surface area contributed by atoms with Crippen LogP contribution < -0.4 is 10.3 Å². The fourth-order valence-electron chi connectivity index (χ4n) is 2.02. The number of benzene rings is 1. The standard InChI is InChI=1S/C13H15ClN2O3/c1-8(17)16-19-7-12-10(9-5-6-9)3-2-4-11(12)13(18)15-14/h2-4,9H,5-7H2,1H3,(H,15,18)(H,16,17). The molecule has 0 aliphatic heterocycles. The van der Waals surface area contributed by atoms with Crippen LogP contribution >= 0.6 is 11.8 Å². The highest BCUT2D eigenvalue weighted by molar-refractivity contribution is 6.24. The summed E-state index contributed by atoms with van der Waals surface area (Å²) in [4.78, 5) is 29.8. The van der Waals surface area contributed by atoms with Crippen LogP contribution in [-0.2, 0) is 16.2 Å². The SMILES string of the molecule is CC(=O)NOCc1c(C(=O)NCl)cccc1C1CC1. The van der Waals surface area contributed by atoms with Gasteiger partial charge in [0.2, 0.25) is 5.91 Å². The van der Waals surface area contributed by atoms with Crippen LogP contribution in [0.4, 0.5) is 0 Å². The van der Waals surface area contributed by atoms with Crippen molar-refractivity contribution in [2.45, 2.75) is 32.3 Å². The second-order valence-corrected chi connectivity index (χ2v) is 4.71. The molecular weight excluding hydrogens is 268 g/mol. The van der Waals surface area contributed by atoms with Gasteiger partial charge in [-0.05, 0) is 36.0 Å². The minimum atomic E-state index is -0.370. The van der Waals surface area contributed by atoms with Crippen LogP contribution in [0.2, 0.25) is 0 Å². The average molecular weight is 283 g/mol. The van der Waals surface area contributed by atoms with Crippen LogP contribution in [0, 0.1) is 0 Å². The van der Waals surface area contributed by atoms with Crippen LogP contribution in [0.1, 0.15) is 47.2 Å². The van der Waals surface area contributed by atoms with Crippen LogP contribution in [0.25, 0.3) is 0 Å². The van der Waals surface area contributed by atoms with Gasteiger partial charge in [0.15, 0.2) is 0 Å². The van der Waals surface area contributed by atoms with Crippen molar-refractivity contribution in [2.75, 3.05) is 0 Å². The highest BCUT2D eigenvalue weighted by Gasteiger charge is 2.28. The van der Waals surface area contributed by atoms with Gasteiger partial charge in [0.05, 0.1) is 0 Å². The third-order valence-electron chi connectivity index (χ3n) is 2.99. The maximum atomic E-state index is 11.7. The molecule has 0 spiro atoms. The van der Waals surface area contributed by atoms with Crippen molar-refractivity contribution in [1.29, 1.82) is 0 Å². The predicted octanol–water partition coefficient (Wildman–Crippen LogP) is 2.02. The lowest BCUT2D eigenvalue weighted by Gasteiger charge is -2.13. The van der Waals surface area contributed by atoms with Gasteiger partial charge in [0.25, 0.3) is 5.91 Å². The van der Waals surface area contributed by atoms with Crippen molar-refractivity contribution < 1.29 is 14.4 Å². The number of rotatable bonds is 5. The third-order valence-corrected chi connectivity index (χ3v) is 3.16. The lowest BCUT2D eigenvalue weighted by atomic mass is 9.98. The second-order valence-electron chi connectivity index (χ2n) is 4.52. The summed E-state index contributed by atoms with van der Waals surface area (Å²) in [7, 11) is 0. The number of hydroxylamine groups is 1. The smallest absolute Gasteiger partial charge is 0.265 e. The van der Waals surface area contributed by atoms with Gasteiger partial charge in [-0.2, -0.15) is 0 Å². The number of hydrogen-bond acceptors (Lipinski definition) is 3. The summed E-state index contributed by atoms with van der Waals surface area (Å²) in [6.07, 6.45) is 2.22. The molecule has 1 aromatic carbocycles. The fourth-order valence-corrected chi connectivity index (χ4v) is 2.12. The van der Waals surface area contributed by atoms with Crippen LogP contribution in [0.3, 0.4) is 0 Å². The van der Waals surface area contributed by atoms with E-state index in [-0.39, 0.29) is 18.4 Å². The molecule has 1 saturated carbocycles. The number of nitrogens with one attached hydrogen (secondary N) is 2. The van der Waals surface area contributed by atoms with Gasteiger partial charge >= 0.3 is 0 Å². The van der Waals surface area contributed by atoms with Gasteiger partial charge in [-0.3, -0.25) is 19.3 Å². The van der Waals surface area contributed by atoms with E-state index in [1.165, 1.54) is 6.92 Å². The minimum absolute atomic E-state index is 0.145. The summed E-state index contributed by atoms with van der Waals surface area (Å²) in [5.41, 5.74) is 4.60. The molecule has 5 nitrogen and oxygen atoms in total. The third kappa shape index (κ3) is 3.45. The number of halogens is 1. The van der Waals surface area contributed by atoms with E-state index in [1.807, 2.05) is 12.1 Å². The zero-order chi connectivity index (χ0) is 13.8. The zero-order valence-electron chi connectivity index (χ0n) is 10.5. The first-order chi connectivity index (χ1) is 9.13. The van der Waals surface area contributed by atoms with E-state index in [9.17, 15) is 9.59 Å². The molecule has 0 bridgehead atoms. The largest absolute Gasteiger partial charge is 0.273 e. The lowest BCUT2D eigenvalue weighted by molar-refractivity contribution is -0.132. The van der Waals surface area contributed by atoms with Gasteiger partial charge in [0, 0.05) is 24.3 Å². The summed E-state index contributed by atoms with van der Waals surface area (Å²) in [5, 5.41) is 0. The monoisotopic (exact) mass is 282 g/mol. The van der Waals surface area contributed by atoms with E-state index in [2.05, 4.69) is 10.3 Å². The van der Waals surface area contributed by atoms with E-state index in [1.54, 1.807) is 6.07 Å². The molecule has 2 N–H and O–H groups in total. The van der Waals surface area contributed by atoms with Crippen molar-refractivity contribution in [2.24, 2.45) is 0 Å². The molecule has 102 valence electrons. The number of carbonyl (C=O) groups excluding carboxylic acids is 2. The van der Waals surface area contributed by atoms with Gasteiger partial charge in [-0.1, -0.05) is 12.1 Å². The summed E-state index contributed by atoms with van der Waals surface area (Å²) in [5.74, 6) is -0.183. The molecule has 0 saturated heterocycles. The molecule has 0 unspecified atom stereocenters. The molecule has 2 amide bonds. The van der Waals surface area contributed by atoms with Crippen LogP contribution in [0.15, 0.2) is 18.2 Å². The summed E-state index contributed by atoms with van der Waals surface area (Å²) in [6.45, 7) is 1.51. The number of amides is 2. The van der Waals surface area contributed by atoms with Gasteiger partial charge in [-0.15, -0.1) is 0 Å². The quantitative estimate of drug-likeness (QED) is 0.641. The Hall–Kier alpha value is -1.59. The molecular formula is C13H15ClN2O3. The Kier molecular flexibility index (Phi) is 4.39. The fraction of sp³-hybridized carbons (Fsp3) is 0.385. The molecule has 1 aliphatic carbocycles. The van der Waals surface area contributed by atoms with E-state index in [0.29, 0.717) is 11.5 Å². The van der Waals surface area contributed by atoms with Crippen LogP contribution in [-0.4, -0.2) is 11.8 Å². The van der Waals surface area contributed by atoms with Gasteiger partial charge in [0.1, 0.15) is 6.61 Å². The van der Waals surface area contributed by atoms with Gasteiger partial charge in [-0.25, -0.2) is 5.48 Å². The van der Waals surface area contributed by atoms with Gasteiger partial charge < -0.3 is 0 Å². The van der Waals surface area contributed by atoms with Crippen LogP contribution in [0.5, 0.6) is 0 Å². The molecule has 19 heavy (non-hydrogen) atoms. The summed E-state index contributed by atoms with van der Waals surface area (Å²) in [6, 6.07) is 5.50. The normalized spacial score (nSPS) is 14.0. The van der Waals surface area contributed by atoms with E-state index < -0.39 is 0 Å². The zero-order valence-corrected chi connectivity index (χ0v) is 11.3. The first-order valence-corrected chi connectivity index (χ1v) is 6.42. The Bertz CT molecular complexity index is 501. The molecule has 1 aliphatic rings. The highest BCUT2D eigenvalue weighted by Crippen LogP contribution is 2.42. The maximum absolute atomic E-state index is 11.7. The maximum Gasteiger partial charge on any atom is 0.265 e. The first-order valence-electron chi connectivity index (χ1n) is 6.04. The molecule has 0 radical (unpaired) electrons. The van der Waals surface area contributed by atoms with Crippen molar-refractivity contribution >= 4 is 23.6 Å². The highest BCUT2D eigenvalue weighted by atomic mass is 35.5. The van der Waals surface area contributed by atoms with Crippen molar-refractivity contribution in [1.82, 2.24) is 10.3 Å². The molecule has 1 fully saturated rings. The first kappa shape index (κ1) is 13.8. The Morgan fingerprint density at radius 2 is 2.16 bits per heavy atom. The Morgan fingerprint density at radius 1 is 1.42 bits per heavy atom. The van der Waals surface area contributed by atoms with Crippen molar-refractivity contribution in [3.8, 4) is 0 Å².